The molecule has 3 nitrogen and oxygen atoms in total. The zero-order valence-corrected chi connectivity index (χ0v) is 12.2. The largest absolute Gasteiger partial charge is 0.497 e. The maximum Gasteiger partial charge on any atom is 0.120 e. The molecule has 0 radical (unpaired) electrons. The van der Waals surface area contributed by atoms with Gasteiger partial charge in [-0.2, -0.15) is 0 Å². The first-order valence-electron chi connectivity index (χ1n) is 6.45. The zero-order valence-electron chi connectivity index (χ0n) is 12.2. The van der Waals surface area contributed by atoms with Gasteiger partial charge in [0.2, 0.25) is 0 Å². The van der Waals surface area contributed by atoms with Crippen molar-refractivity contribution in [3.63, 3.8) is 0 Å². The van der Waals surface area contributed by atoms with Crippen LogP contribution in [0.3, 0.4) is 0 Å². The summed E-state index contributed by atoms with van der Waals surface area (Å²) in [5.74, 6) is 0.888. The van der Waals surface area contributed by atoms with E-state index in [9.17, 15) is 0 Å². The molecular formula is C15H26N2O. The fraction of sp³-hybridized carbons (Fsp3) is 0.600. The Kier molecular flexibility index (Phi) is 5.03. The Morgan fingerprint density at radius 2 is 2.00 bits per heavy atom. The van der Waals surface area contributed by atoms with Crippen molar-refractivity contribution in [2.45, 2.75) is 33.2 Å². The molecule has 1 atom stereocenters. The fourth-order valence-corrected chi connectivity index (χ4v) is 1.74. The first-order valence-corrected chi connectivity index (χ1v) is 6.45. The second-order valence-electron chi connectivity index (χ2n) is 5.88. The minimum atomic E-state index is 0.162. The van der Waals surface area contributed by atoms with Gasteiger partial charge in [-0.3, -0.25) is 0 Å². The molecule has 0 aliphatic carbocycles. The van der Waals surface area contributed by atoms with Crippen LogP contribution in [-0.2, 0) is 0 Å². The average molecular weight is 250 g/mol. The number of anilines is 1. The molecule has 0 amide bonds. The van der Waals surface area contributed by atoms with Gasteiger partial charge in [0, 0.05) is 31.4 Å². The van der Waals surface area contributed by atoms with Crippen molar-refractivity contribution >= 4 is 5.69 Å². The Bertz CT molecular complexity index is 371. The highest BCUT2D eigenvalue weighted by Gasteiger charge is 2.20. The van der Waals surface area contributed by atoms with Gasteiger partial charge in [0.15, 0.2) is 0 Å². The topological polar surface area (TPSA) is 38.5 Å². The van der Waals surface area contributed by atoms with E-state index in [1.165, 1.54) is 0 Å². The quantitative estimate of drug-likeness (QED) is 0.873. The molecule has 0 saturated carbocycles. The molecule has 3 heteroatoms. The van der Waals surface area contributed by atoms with Crippen molar-refractivity contribution in [1.29, 1.82) is 0 Å². The van der Waals surface area contributed by atoms with Crippen molar-refractivity contribution in [3.05, 3.63) is 24.3 Å². The summed E-state index contributed by atoms with van der Waals surface area (Å²) in [6, 6.07) is 8.31. The van der Waals surface area contributed by atoms with E-state index in [1.807, 2.05) is 18.2 Å². The Morgan fingerprint density at radius 1 is 1.33 bits per heavy atom. The van der Waals surface area contributed by atoms with Crippen molar-refractivity contribution in [3.8, 4) is 5.75 Å². The summed E-state index contributed by atoms with van der Waals surface area (Å²) in [4.78, 5) is 2.22. The standard InChI is InChI=1S/C15H26N2O/c1-15(2,3)14(16)9-10-17(4)12-7-6-8-13(11-12)18-5/h6-8,11,14H,9-10,16H2,1-5H3. The van der Waals surface area contributed by atoms with Crippen molar-refractivity contribution in [1.82, 2.24) is 0 Å². The molecule has 0 spiro atoms. The Labute approximate surface area is 111 Å². The van der Waals surface area contributed by atoms with E-state index in [0.717, 1.165) is 24.4 Å². The highest BCUT2D eigenvalue weighted by atomic mass is 16.5. The second kappa shape index (κ2) is 6.10. The van der Waals surface area contributed by atoms with Crippen molar-refractivity contribution < 1.29 is 4.74 Å². The van der Waals surface area contributed by atoms with Gasteiger partial charge < -0.3 is 15.4 Å². The number of rotatable bonds is 5. The molecule has 18 heavy (non-hydrogen) atoms. The summed E-state index contributed by atoms with van der Waals surface area (Å²) in [7, 11) is 3.78. The summed E-state index contributed by atoms with van der Waals surface area (Å²) in [6.45, 7) is 7.50. The number of methoxy groups -OCH3 is 1. The lowest BCUT2D eigenvalue weighted by Gasteiger charge is -2.29. The second-order valence-corrected chi connectivity index (χ2v) is 5.88. The summed E-state index contributed by atoms with van der Waals surface area (Å²) in [5.41, 5.74) is 7.51. The Balaban J connectivity index is 2.57. The number of benzene rings is 1. The molecule has 102 valence electrons. The minimum Gasteiger partial charge on any atom is -0.497 e. The van der Waals surface area contributed by atoms with Crippen LogP contribution in [-0.4, -0.2) is 26.7 Å². The van der Waals surface area contributed by atoms with E-state index in [2.05, 4.69) is 38.8 Å². The van der Waals surface area contributed by atoms with Crippen LogP contribution in [0, 0.1) is 5.41 Å². The van der Waals surface area contributed by atoms with E-state index in [0.29, 0.717) is 0 Å². The SMILES string of the molecule is COc1cccc(N(C)CCC(N)C(C)(C)C)c1. The number of nitrogens with two attached hydrogens (primary N) is 1. The smallest absolute Gasteiger partial charge is 0.120 e. The van der Waals surface area contributed by atoms with Crippen LogP contribution in [0.15, 0.2) is 24.3 Å². The molecule has 0 heterocycles. The van der Waals surface area contributed by atoms with Gasteiger partial charge in [-0.1, -0.05) is 26.8 Å². The third-order valence-corrected chi connectivity index (χ3v) is 3.38. The van der Waals surface area contributed by atoms with E-state index < -0.39 is 0 Å². The molecule has 2 N–H and O–H groups in total. The molecule has 0 saturated heterocycles. The normalized spacial score (nSPS) is 13.2. The summed E-state index contributed by atoms with van der Waals surface area (Å²) >= 11 is 0. The van der Waals surface area contributed by atoms with Crippen LogP contribution < -0.4 is 15.4 Å². The van der Waals surface area contributed by atoms with Crippen LogP contribution in [0.4, 0.5) is 5.69 Å². The van der Waals surface area contributed by atoms with Gasteiger partial charge >= 0.3 is 0 Å². The Morgan fingerprint density at radius 3 is 2.56 bits per heavy atom. The molecule has 0 aliphatic heterocycles. The third kappa shape index (κ3) is 4.22. The van der Waals surface area contributed by atoms with Crippen LogP contribution in [0.5, 0.6) is 5.75 Å². The molecule has 1 aromatic carbocycles. The van der Waals surface area contributed by atoms with Crippen LogP contribution in [0.2, 0.25) is 0 Å². The molecular weight excluding hydrogens is 224 g/mol. The summed E-state index contributed by atoms with van der Waals surface area (Å²) in [5, 5.41) is 0. The first kappa shape index (κ1) is 14.8. The van der Waals surface area contributed by atoms with Gasteiger partial charge in [-0.05, 0) is 24.0 Å². The lowest BCUT2D eigenvalue weighted by Crippen LogP contribution is -2.38. The molecule has 1 rings (SSSR count). The van der Waals surface area contributed by atoms with E-state index in [4.69, 9.17) is 10.5 Å². The van der Waals surface area contributed by atoms with Gasteiger partial charge in [0.25, 0.3) is 0 Å². The van der Waals surface area contributed by atoms with Crippen molar-refractivity contribution in [2.75, 3.05) is 25.6 Å². The molecule has 0 aliphatic rings. The number of hydrogen-bond donors (Lipinski definition) is 1. The monoisotopic (exact) mass is 250 g/mol. The highest BCUT2D eigenvalue weighted by Crippen LogP contribution is 2.23. The van der Waals surface area contributed by atoms with Gasteiger partial charge in [0.05, 0.1) is 7.11 Å². The van der Waals surface area contributed by atoms with Crippen LogP contribution in [0.25, 0.3) is 0 Å². The van der Waals surface area contributed by atoms with Crippen molar-refractivity contribution in [2.24, 2.45) is 11.1 Å². The number of nitrogens with zero attached hydrogens (tertiary/aromatic N) is 1. The van der Waals surface area contributed by atoms with Gasteiger partial charge in [0.1, 0.15) is 5.75 Å². The van der Waals surface area contributed by atoms with Crippen LogP contribution >= 0.6 is 0 Å². The fourth-order valence-electron chi connectivity index (χ4n) is 1.74. The lowest BCUT2D eigenvalue weighted by atomic mass is 9.85. The predicted molar refractivity (Wildman–Crippen MR) is 78.3 cm³/mol. The molecule has 1 aromatic rings. The zero-order chi connectivity index (χ0) is 13.8. The third-order valence-electron chi connectivity index (χ3n) is 3.38. The molecule has 0 bridgehead atoms. The average Bonchev–Trinajstić information content (AvgIpc) is 2.34. The van der Waals surface area contributed by atoms with E-state index >= 15 is 0 Å². The van der Waals surface area contributed by atoms with Gasteiger partial charge in [-0.25, -0.2) is 0 Å². The minimum absolute atomic E-state index is 0.162. The number of ether oxygens (including phenoxy) is 1. The number of hydrogen-bond acceptors (Lipinski definition) is 3. The maximum absolute atomic E-state index is 6.18. The molecule has 1 unspecified atom stereocenters. The molecule has 0 aromatic heterocycles. The van der Waals surface area contributed by atoms with E-state index in [-0.39, 0.29) is 11.5 Å². The molecule has 0 fully saturated rings. The predicted octanol–water partition coefficient (Wildman–Crippen LogP) is 2.89. The first-order chi connectivity index (χ1) is 8.34. The summed E-state index contributed by atoms with van der Waals surface area (Å²) < 4.78 is 5.23. The maximum atomic E-state index is 6.18. The Hall–Kier alpha value is -1.22. The van der Waals surface area contributed by atoms with E-state index in [1.54, 1.807) is 7.11 Å². The van der Waals surface area contributed by atoms with Crippen LogP contribution in [0.1, 0.15) is 27.2 Å². The highest BCUT2D eigenvalue weighted by molar-refractivity contribution is 5.50. The summed E-state index contributed by atoms with van der Waals surface area (Å²) in [6.07, 6.45) is 0.983. The lowest BCUT2D eigenvalue weighted by molar-refractivity contribution is 0.308. The van der Waals surface area contributed by atoms with Gasteiger partial charge in [-0.15, -0.1) is 0 Å².